The second-order valence-corrected chi connectivity index (χ2v) is 8.19. The van der Waals surface area contributed by atoms with Crippen LogP contribution in [0.3, 0.4) is 0 Å². The van der Waals surface area contributed by atoms with Gasteiger partial charge in [-0.1, -0.05) is 0 Å². The van der Waals surface area contributed by atoms with Crippen LogP contribution in [0.5, 0.6) is 0 Å². The molecule has 9 nitrogen and oxygen atoms in total. The third-order valence-corrected chi connectivity index (χ3v) is 5.50. The van der Waals surface area contributed by atoms with E-state index in [1.807, 2.05) is 13.0 Å². The summed E-state index contributed by atoms with van der Waals surface area (Å²) in [6, 6.07) is 11.0. The average molecular weight is 496 g/mol. The summed E-state index contributed by atoms with van der Waals surface area (Å²) in [7, 11) is 0. The van der Waals surface area contributed by atoms with Crippen molar-refractivity contribution in [1.82, 2.24) is 30.0 Å². The summed E-state index contributed by atoms with van der Waals surface area (Å²) in [4.78, 5) is 28.1. The zero-order valence-corrected chi connectivity index (χ0v) is 19.5. The Morgan fingerprint density at radius 1 is 1.11 bits per heavy atom. The summed E-state index contributed by atoms with van der Waals surface area (Å²) in [5, 5.41) is 10.7. The van der Waals surface area contributed by atoms with Crippen LogP contribution in [0, 0.1) is 6.92 Å². The van der Waals surface area contributed by atoms with E-state index in [-0.39, 0.29) is 18.3 Å². The number of aromatic nitrogens is 5. The molecule has 0 aliphatic heterocycles. The summed E-state index contributed by atoms with van der Waals surface area (Å²) >= 11 is 0. The van der Waals surface area contributed by atoms with Crippen molar-refractivity contribution >= 4 is 28.4 Å². The molecule has 0 bridgehead atoms. The summed E-state index contributed by atoms with van der Waals surface area (Å²) in [5.74, 6) is 0.510. The number of nitrogen functional groups attached to an aromatic ring is 1. The molecule has 0 saturated carbocycles. The fourth-order valence-electron chi connectivity index (χ4n) is 3.55. The Morgan fingerprint density at radius 3 is 2.53 bits per heavy atom. The van der Waals surface area contributed by atoms with Gasteiger partial charge in [-0.25, -0.2) is 15.0 Å². The molecule has 3 aromatic heterocycles. The molecule has 0 aliphatic carbocycles. The molecular weight excluding hydrogens is 473 g/mol. The average Bonchev–Trinajstić information content (AvgIpc) is 2.86. The molecule has 1 aromatic carbocycles. The van der Waals surface area contributed by atoms with Gasteiger partial charge in [0.15, 0.2) is 0 Å². The van der Waals surface area contributed by atoms with Gasteiger partial charge in [-0.15, -0.1) is 5.10 Å². The van der Waals surface area contributed by atoms with Crippen LogP contribution >= 0.6 is 0 Å². The van der Waals surface area contributed by atoms with E-state index >= 15 is 0 Å². The highest BCUT2D eigenvalue weighted by atomic mass is 19.4. The minimum atomic E-state index is -4.38. The molecule has 186 valence electrons. The van der Waals surface area contributed by atoms with Gasteiger partial charge in [-0.3, -0.25) is 4.79 Å². The van der Waals surface area contributed by atoms with E-state index in [1.54, 1.807) is 43.6 Å². The van der Waals surface area contributed by atoms with E-state index in [1.165, 1.54) is 17.0 Å². The first-order chi connectivity index (χ1) is 17.1. The molecule has 1 unspecified atom stereocenters. The second-order valence-electron chi connectivity index (χ2n) is 8.19. The highest BCUT2D eigenvalue weighted by molar-refractivity contribution is 5.98. The van der Waals surface area contributed by atoms with Gasteiger partial charge in [0.05, 0.1) is 23.8 Å². The van der Waals surface area contributed by atoms with Crippen molar-refractivity contribution in [2.75, 3.05) is 17.6 Å². The van der Waals surface area contributed by atoms with E-state index in [9.17, 15) is 18.0 Å². The Bertz CT molecular complexity index is 1360. The third-order valence-electron chi connectivity index (χ3n) is 5.50. The third kappa shape index (κ3) is 5.82. The van der Waals surface area contributed by atoms with Crippen molar-refractivity contribution in [2.24, 2.45) is 0 Å². The Labute approximate surface area is 204 Å². The Kier molecular flexibility index (Phi) is 6.95. The number of carbonyl (C=O) groups excluding carboxylic acids is 1. The lowest BCUT2D eigenvalue weighted by Crippen LogP contribution is -2.34. The number of benzene rings is 1. The van der Waals surface area contributed by atoms with Crippen LogP contribution in [0.4, 0.5) is 24.8 Å². The Morgan fingerprint density at radius 2 is 1.86 bits per heavy atom. The lowest BCUT2D eigenvalue weighted by atomic mass is 10.1. The van der Waals surface area contributed by atoms with Crippen LogP contribution in [0.15, 0.2) is 54.9 Å². The number of rotatable bonds is 7. The van der Waals surface area contributed by atoms with Crippen LogP contribution in [0.1, 0.15) is 40.4 Å². The molecule has 3 N–H and O–H groups in total. The minimum Gasteiger partial charge on any atom is -0.383 e. The number of nitrogens with one attached hydrogen (secondary N) is 1. The zero-order chi connectivity index (χ0) is 25.9. The van der Waals surface area contributed by atoms with Crippen molar-refractivity contribution in [2.45, 2.75) is 32.6 Å². The van der Waals surface area contributed by atoms with Crippen molar-refractivity contribution in [3.63, 3.8) is 0 Å². The number of carbonyl (C=O) groups is 1. The van der Waals surface area contributed by atoms with Gasteiger partial charge in [-0.05, 0) is 61.9 Å². The zero-order valence-electron chi connectivity index (χ0n) is 19.5. The lowest BCUT2D eigenvalue weighted by Gasteiger charge is -2.28. The maximum atomic E-state index is 13.7. The number of alkyl halides is 3. The molecular formula is C24H23F3N8O. The largest absolute Gasteiger partial charge is 0.405 e. The number of hydrogen-bond donors (Lipinski definition) is 2. The Hall–Kier alpha value is -4.35. The molecule has 4 rings (SSSR count). The summed E-state index contributed by atoms with van der Waals surface area (Å²) in [5.41, 5.74) is 8.15. The van der Waals surface area contributed by atoms with Crippen LogP contribution in [-0.4, -0.2) is 48.7 Å². The van der Waals surface area contributed by atoms with E-state index in [0.717, 1.165) is 10.9 Å². The van der Waals surface area contributed by atoms with Crippen LogP contribution < -0.4 is 11.1 Å². The molecule has 1 atom stereocenters. The van der Waals surface area contributed by atoms with Gasteiger partial charge in [0.1, 0.15) is 24.0 Å². The van der Waals surface area contributed by atoms with Crippen molar-refractivity contribution in [3.8, 4) is 0 Å². The van der Waals surface area contributed by atoms with Crippen LogP contribution in [0.2, 0.25) is 0 Å². The molecule has 0 radical (unpaired) electrons. The van der Waals surface area contributed by atoms with Gasteiger partial charge in [-0.2, -0.15) is 18.3 Å². The van der Waals surface area contributed by atoms with E-state index < -0.39 is 18.8 Å². The van der Waals surface area contributed by atoms with Gasteiger partial charge in [0.2, 0.25) is 0 Å². The number of nitrogens with zero attached hydrogens (tertiary/aromatic N) is 6. The number of hydrogen-bond acceptors (Lipinski definition) is 8. The molecule has 12 heteroatoms. The SMILES string of the molecule is Cc1cc2cc(C(=O)N(Cc3ccc(NCC(F)(F)F)nn3)C(C)c3ncccn3)ccc2nc1N. The number of nitrogens with two attached hydrogens (primary N) is 1. The first-order valence-electron chi connectivity index (χ1n) is 11.0. The number of amides is 1. The van der Waals surface area contributed by atoms with Gasteiger partial charge in [0, 0.05) is 23.3 Å². The maximum Gasteiger partial charge on any atom is 0.405 e. The van der Waals surface area contributed by atoms with Gasteiger partial charge < -0.3 is 16.0 Å². The number of aryl methyl sites for hydroxylation is 1. The predicted molar refractivity (Wildman–Crippen MR) is 128 cm³/mol. The fourth-order valence-corrected chi connectivity index (χ4v) is 3.55. The topological polar surface area (TPSA) is 123 Å². The molecule has 1 amide bonds. The van der Waals surface area contributed by atoms with E-state index in [0.29, 0.717) is 28.4 Å². The number of anilines is 2. The van der Waals surface area contributed by atoms with Gasteiger partial charge >= 0.3 is 6.18 Å². The molecule has 0 aliphatic rings. The Balaban J connectivity index is 1.63. The highest BCUT2D eigenvalue weighted by Gasteiger charge is 2.28. The minimum absolute atomic E-state index is 0.0231. The van der Waals surface area contributed by atoms with Crippen molar-refractivity contribution in [1.29, 1.82) is 0 Å². The van der Waals surface area contributed by atoms with E-state index in [4.69, 9.17) is 5.73 Å². The summed E-state index contributed by atoms with van der Waals surface area (Å²) in [6.07, 6.45) is -1.22. The fraction of sp³-hybridized carbons (Fsp3) is 0.250. The van der Waals surface area contributed by atoms with Crippen LogP contribution in [0.25, 0.3) is 10.9 Å². The molecule has 0 spiro atoms. The predicted octanol–water partition coefficient (Wildman–Crippen LogP) is 4.08. The normalized spacial score (nSPS) is 12.4. The monoisotopic (exact) mass is 496 g/mol. The first kappa shape index (κ1) is 24.8. The van der Waals surface area contributed by atoms with E-state index in [2.05, 4.69) is 30.5 Å². The quantitative estimate of drug-likeness (QED) is 0.392. The number of pyridine rings is 1. The molecule has 4 aromatic rings. The van der Waals surface area contributed by atoms with Crippen molar-refractivity contribution in [3.05, 3.63) is 77.5 Å². The molecule has 0 fully saturated rings. The van der Waals surface area contributed by atoms with Gasteiger partial charge in [0.25, 0.3) is 5.91 Å². The molecule has 36 heavy (non-hydrogen) atoms. The first-order valence-corrected chi connectivity index (χ1v) is 11.0. The highest BCUT2D eigenvalue weighted by Crippen LogP contribution is 2.25. The van der Waals surface area contributed by atoms with Crippen LogP contribution in [-0.2, 0) is 6.54 Å². The summed E-state index contributed by atoms with van der Waals surface area (Å²) < 4.78 is 37.4. The summed E-state index contributed by atoms with van der Waals surface area (Å²) in [6.45, 7) is 2.43. The maximum absolute atomic E-state index is 13.7. The number of fused-ring (bicyclic) bond motifs is 1. The number of halogens is 3. The van der Waals surface area contributed by atoms with Crippen molar-refractivity contribution < 1.29 is 18.0 Å². The standard InChI is InChI=1S/C24H23F3N8O/c1-14-10-17-11-16(4-6-19(17)32-21(14)28)23(36)35(15(2)22-29-8-3-9-30-22)12-18-5-7-20(34-33-18)31-13-24(25,26)27/h3-11,15H,12-13H2,1-2H3,(H2,28,32)(H,31,34). The smallest absolute Gasteiger partial charge is 0.383 e. The lowest BCUT2D eigenvalue weighted by molar-refractivity contribution is -0.115. The second kappa shape index (κ2) is 10.1. The molecule has 0 saturated heterocycles. The molecule has 3 heterocycles.